The van der Waals surface area contributed by atoms with Gasteiger partial charge in [-0.05, 0) is 50.9 Å². The van der Waals surface area contributed by atoms with Crippen LogP contribution in [0.1, 0.15) is 154 Å². The van der Waals surface area contributed by atoms with Gasteiger partial charge in [0.2, 0.25) is 17.7 Å². The molecule has 0 spiro atoms. The summed E-state index contributed by atoms with van der Waals surface area (Å²) in [6, 6.07) is -0.709. The second-order valence-corrected chi connectivity index (χ2v) is 14.1. The normalized spacial score (nSPS) is 16.2. The Morgan fingerprint density at radius 2 is 1.14 bits per heavy atom. The number of carboxylic acid groups (broad SMARTS) is 1. The minimum atomic E-state index is -0.709. The van der Waals surface area contributed by atoms with E-state index in [2.05, 4.69) is 16.0 Å². The van der Waals surface area contributed by atoms with Crippen LogP contribution in [0.15, 0.2) is 0 Å². The maximum Gasteiger partial charge on any atom is 0.303 e. The number of hydrogen-bond acceptors (Lipinski definition) is 8. The van der Waals surface area contributed by atoms with Gasteiger partial charge >= 0.3 is 5.97 Å². The standard InChI is InChI=1S/C39H69N3O9/c43-26-28-51-30-29-50-27-25-40-37(46)24-23-35(32-44)42-39(49)34-21-19-33(20-22-34)31-41-36(45)17-15-13-11-9-7-5-3-1-2-4-6-8-10-12-14-16-18-38(47)48/h26,32-35H,1-25,27-31H2,(H,40,46)(H,41,45)(H,42,49)(H,47,48). The van der Waals surface area contributed by atoms with Gasteiger partial charge in [-0.3, -0.25) is 19.2 Å². The Labute approximate surface area is 306 Å². The van der Waals surface area contributed by atoms with Crippen LogP contribution in [0.25, 0.3) is 0 Å². The summed E-state index contributed by atoms with van der Waals surface area (Å²) in [5.74, 6) is -0.747. The van der Waals surface area contributed by atoms with Gasteiger partial charge in [0.25, 0.3) is 0 Å². The van der Waals surface area contributed by atoms with E-state index < -0.39 is 12.0 Å². The van der Waals surface area contributed by atoms with Crippen LogP contribution in [0.3, 0.4) is 0 Å². The minimum absolute atomic E-state index is 0.0311. The molecule has 4 N–H and O–H groups in total. The predicted molar refractivity (Wildman–Crippen MR) is 197 cm³/mol. The van der Waals surface area contributed by atoms with Crippen molar-refractivity contribution in [3.05, 3.63) is 0 Å². The van der Waals surface area contributed by atoms with E-state index >= 15 is 0 Å². The third-order valence-electron chi connectivity index (χ3n) is 9.65. The lowest BCUT2D eigenvalue weighted by molar-refractivity contribution is -0.137. The highest BCUT2D eigenvalue weighted by molar-refractivity contribution is 5.82. The molecular formula is C39H69N3O9. The van der Waals surface area contributed by atoms with Crippen molar-refractivity contribution in [3.63, 3.8) is 0 Å². The van der Waals surface area contributed by atoms with Crippen LogP contribution in [0.5, 0.6) is 0 Å². The highest BCUT2D eigenvalue weighted by atomic mass is 16.5. The topological polar surface area (TPSA) is 177 Å². The maximum absolute atomic E-state index is 12.8. The Bertz CT molecular complexity index is 941. The fraction of sp³-hybridized carbons (Fsp3) is 0.846. The SMILES string of the molecule is O=CCOCCOCCNC(=O)CCC(C=O)NC(=O)C1CCC(CNC(=O)CCCCCCCCCCCCCCCCCCC(=O)O)CC1. The van der Waals surface area contributed by atoms with E-state index in [0.717, 1.165) is 57.8 Å². The van der Waals surface area contributed by atoms with Crippen LogP contribution in [-0.4, -0.2) is 86.9 Å². The van der Waals surface area contributed by atoms with E-state index in [-0.39, 0.29) is 43.1 Å². The number of rotatable bonds is 35. The molecule has 1 atom stereocenters. The minimum Gasteiger partial charge on any atom is -0.481 e. The Hall–Kier alpha value is -2.86. The second kappa shape index (κ2) is 33.0. The predicted octanol–water partition coefficient (Wildman–Crippen LogP) is 5.83. The fourth-order valence-electron chi connectivity index (χ4n) is 6.48. The van der Waals surface area contributed by atoms with Crippen molar-refractivity contribution < 1.29 is 43.3 Å². The fourth-order valence-corrected chi connectivity index (χ4v) is 6.48. The summed E-state index contributed by atoms with van der Waals surface area (Å²) in [6.45, 7) is 1.93. The monoisotopic (exact) mass is 724 g/mol. The summed E-state index contributed by atoms with van der Waals surface area (Å²) >= 11 is 0. The molecule has 1 rings (SSSR count). The van der Waals surface area contributed by atoms with E-state index in [9.17, 15) is 28.8 Å². The molecule has 51 heavy (non-hydrogen) atoms. The molecule has 1 fully saturated rings. The first-order valence-corrected chi connectivity index (χ1v) is 20.0. The van der Waals surface area contributed by atoms with Gasteiger partial charge in [-0.1, -0.05) is 89.9 Å². The number of unbranched alkanes of at least 4 members (excludes halogenated alkanes) is 15. The number of aldehydes is 2. The van der Waals surface area contributed by atoms with Crippen LogP contribution >= 0.6 is 0 Å². The van der Waals surface area contributed by atoms with Crippen LogP contribution in [0, 0.1) is 11.8 Å². The largest absolute Gasteiger partial charge is 0.481 e. The molecule has 3 amide bonds. The zero-order valence-corrected chi connectivity index (χ0v) is 31.3. The molecule has 1 aliphatic carbocycles. The summed E-state index contributed by atoms with van der Waals surface area (Å²) in [4.78, 5) is 69.4. The first-order valence-electron chi connectivity index (χ1n) is 20.0. The lowest BCUT2D eigenvalue weighted by Crippen LogP contribution is -2.42. The first-order chi connectivity index (χ1) is 24.8. The lowest BCUT2D eigenvalue weighted by Gasteiger charge is -2.28. The molecule has 12 nitrogen and oxygen atoms in total. The van der Waals surface area contributed by atoms with E-state index in [0.29, 0.717) is 64.2 Å². The molecule has 1 aliphatic rings. The van der Waals surface area contributed by atoms with Gasteiger partial charge in [0.1, 0.15) is 19.2 Å². The number of carboxylic acids is 1. The van der Waals surface area contributed by atoms with Crippen LogP contribution < -0.4 is 16.0 Å². The quantitative estimate of drug-likeness (QED) is 0.0463. The summed E-state index contributed by atoms with van der Waals surface area (Å²) in [7, 11) is 0. The average molecular weight is 724 g/mol. The summed E-state index contributed by atoms with van der Waals surface area (Å²) in [6.07, 6.45) is 24.8. The molecule has 0 radical (unpaired) electrons. The Balaban J connectivity index is 1.96. The van der Waals surface area contributed by atoms with Crippen molar-refractivity contribution in [2.45, 2.75) is 160 Å². The highest BCUT2D eigenvalue weighted by Crippen LogP contribution is 2.28. The first kappa shape index (κ1) is 46.2. The van der Waals surface area contributed by atoms with Crippen LogP contribution in [0.4, 0.5) is 0 Å². The van der Waals surface area contributed by atoms with E-state index in [1.165, 1.54) is 70.6 Å². The average Bonchev–Trinajstić information content (AvgIpc) is 3.13. The molecule has 0 aromatic carbocycles. The molecule has 0 saturated heterocycles. The molecule has 0 aromatic heterocycles. The van der Waals surface area contributed by atoms with E-state index in [1.54, 1.807) is 0 Å². The zero-order chi connectivity index (χ0) is 37.2. The van der Waals surface area contributed by atoms with Gasteiger partial charge < -0.3 is 40.1 Å². The van der Waals surface area contributed by atoms with E-state index in [4.69, 9.17) is 14.6 Å². The van der Waals surface area contributed by atoms with Gasteiger partial charge in [-0.25, -0.2) is 0 Å². The van der Waals surface area contributed by atoms with Gasteiger partial charge in [-0.15, -0.1) is 0 Å². The van der Waals surface area contributed by atoms with Crippen molar-refractivity contribution in [2.75, 3.05) is 39.5 Å². The molecular weight excluding hydrogens is 654 g/mol. The summed E-state index contributed by atoms with van der Waals surface area (Å²) in [5, 5.41) is 17.2. The van der Waals surface area contributed by atoms with Crippen LogP contribution in [-0.2, 0) is 38.2 Å². The van der Waals surface area contributed by atoms with Crippen molar-refractivity contribution in [1.29, 1.82) is 0 Å². The number of nitrogens with one attached hydrogen (secondary N) is 3. The second-order valence-electron chi connectivity index (χ2n) is 14.1. The van der Waals surface area contributed by atoms with Crippen molar-refractivity contribution in [3.8, 4) is 0 Å². The van der Waals surface area contributed by atoms with Crippen molar-refractivity contribution >= 4 is 36.3 Å². The number of amides is 3. The number of carbonyl (C=O) groups excluding carboxylic acids is 5. The Kier molecular flexibility index (Phi) is 29.9. The Morgan fingerprint density at radius 3 is 1.67 bits per heavy atom. The van der Waals surface area contributed by atoms with Gasteiger partial charge in [0.05, 0.1) is 25.9 Å². The van der Waals surface area contributed by atoms with E-state index in [1.807, 2.05) is 0 Å². The third kappa shape index (κ3) is 28.4. The van der Waals surface area contributed by atoms with Gasteiger partial charge in [0.15, 0.2) is 0 Å². The molecule has 12 heteroatoms. The summed E-state index contributed by atoms with van der Waals surface area (Å²) in [5.41, 5.74) is 0. The number of ether oxygens (including phenoxy) is 2. The van der Waals surface area contributed by atoms with Gasteiger partial charge in [-0.2, -0.15) is 0 Å². The smallest absolute Gasteiger partial charge is 0.303 e. The van der Waals surface area contributed by atoms with Gasteiger partial charge in [0, 0.05) is 38.3 Å². The molecule has 1 saturated carbocycles. The number of carbonyl (C=O) groups is 6. The Morgan fingerprint density at radius 1 is 0.627 bits per heavy atom. The molecule has 1 unspecified atom stereocenters. The highest BCUT2D eigenvalue weighted by Gasteiger charge is 2.28. The zero-order valence-electron chi connectivity index (χ0n) is 31.3. The van der Waals surface area contributed by atoms with Crippen LogP contribution in [0.2, 0.25) is 0 Å². The molecule has 0 aliphatic heterocycles. The lowest BCUT2D eigenvalue weighted by atomic mass is 9.81. The molecule has 0 aromatic rings. The maximum atomic E-state index is 12.8. The molecule has 294 valence electrons. The molecule has 0 bridgehead atoms. The molecule has 0 heterocycles. The summed E-state index contributed by atoms with van der Waals surface area (Å²) < 4.78 is 10.3. The van der Waals surface area contributed by atoms with Crippen molar-refractivity contribution in [1.82, 2.24) is 16.0 Å². The number of aliphatic carboxylic acids is 1. The third-order valence-corrected chi connectivity index (χ3v) is 9.65. The van der Waals surface area contributed by atoms with Crippen molar-refractivity contribution in [2.24, 2.45) is 11.8 Å². The number of hydrogen-bond donors (Lipinski definition) is 4.